The van der Waals surface area contributed by atoms with Crippen LogP contribution in [0.15, 0.2) is 53.4 Å². The number of esters is 1. The van der Waals surface area contributed by atoms with Crippen molar-refractivity contribution in [3.8, 4) is 11.5 Å². The fourth-order valence-electron chi connectivity index (χ4n) is 1.95. The van der Waals surface area contributed by atoms with E-state index < -0.39 is 28.5 Å². The van der Waals surface area contributed by atoms with Crippen LogP contribution in [-0.4, -0.2) is 40.6 Å². The van der Waals surface area contributed by atoms with E-state index in [1.165, 1.54) is 31.4 Å². The van der Waals surface area contributed by atoms with Crippen molar-refractivity contribution in [2.75, 3.05) is 25.6 Å². The molecule has 0 saturated heterocycles. The van der Waals surface area contributed by atoms with E-state index in [0.717, 1.165) is 0 Å². The smallest absolute Gasteiger partial charge is 0.344 e. The third-order valence-electron chi connectivity index (χ3n) is 3.23. The average Bonchev–Trinajstić information content (AvgIpc) is 2.64. The summed E-state index contributed by atoms with van der Waals surface area (Å²) in [6.07, 6.45) is 0. The number of benzene rings is 2. The number of nitrogens with one attached hydrogen (secondary N) is 1. The summed E-state index contributed by atoms with van der Waals surface area (Å²) in [5, 5.41) is 7.43. The monoisotopic (exact) mass is 394 g/mol. The first kappa shape index (κ1) is 20.2. The zero-order valence-electron chi connectivity index (χ0n) is 14.4. The van der Waals surface area contributed by atoms with E-state index in [0.29, 0.717) is 11.5 Å². The highest BCUT2D eigenvalue weighted by molar-refractivity contribution is 7.89. The Balaban J connectivity index is 1.78. The SMILES string of the molecule is COc1ccc(OCC(=O)OCC(=O)Nc2cccc(S(N)(=O)=O)c2)cc1. The Morgan fingerprint density at radius 1 is 1.04 bits per heavy atom. The Morgan fingerprint density at radius 2 is 1.70 bits per heavy atom. The number of amides is 1. The molecule has 0 aliphatic rings. The van der Waals surface area contributed by atoms with Gasteiger partial charge in [-0.2, -0.15) is 0 Å². The molecular weight excluding hydrogens is 376 g/mol. The maximum Gasteiger partial charge on any atom is 0.344 e. The molecule has 9 nitrogen and oxygen atoms in total. The van der Waals surface area contributed by atoms with Gasteiger partial charge in [0.05, 0.1) is 12.0 Å². The number of rotatable bonds is 8. The van der Waals surface area contributed by atoms with E-state index >= 15 is 0 Å². The number of hydrogen-bond acceptors (Lipinski definition) is 7. The van der Waals surface area contributed by atoms with Gasteiger partial charge in [-0.05, 0) is 42.5 Å². The molecule has 3 N–H and O–H groups in total. The van der Waals surface area contributed by atoms with Crippen LogP contribution in [0, 0.1) is 0 Å². The highest BCUT2D eigenvalue weighted by Crippen LogP contribution is 2.17. The van der Waals surface area contributed by atoms with Gasteiger partial charge >= 0.3 is 5.97 Å². The molecule has 0 aliphatic heterocycles. The molecule has 0 bridgehead atoms. The molecule has 10 heteroatoms. The molecule has 1 amide bonds. The maximum atomic E-state index is 11.8. The van der Waals surface area contributed by atoms with Crippen LogP contribution >= 0.6 is 0 Å². The quantitative estimate of drug-likeness (QED) is 0.635. The molecule has 0 saturated carbocycles. The van der Waals surface area contributed by atoms with Gasteiger partial charge in [-0.25, -0.2) is 18.4 Å². The number of anilines is 1. The summed E-state index contributed by atoms with van der Waals surface area (Å²) in [7, 11) is -2.35. The molecule has 2 aromatic carbocycles. The van der Waals surface area contributed by atoms with Crippen LogP contribution in [-0.2, 0) is 24.3 Å². The van der Waals surface area contributed by atoms with Crippen molar-refractivity contribution >= 4 is 27.6 Å². The summed E-state index contributed by atoms with van der Waals surface area (Å²) in [6.45, 7) is -0.926. The molecular formula is C17H18N2O7S. The summed E-state index contributed by atoms with van der Waals surface area (Å²) in [5.74, 6) is -0.288. The molecule has 0 fully saturated rings. The van der Waals surface area contributed by atoms with Gasteiger partial charge in [0.2, 0.25) is 10.0 Å². The van der Waals surface area contributed by atoms with Crippen molar-refractivity contribution in [3.63, 3.8) is 0 Å². The van der Waals surface area contributed by atoms with Crippen LogP contribution in [0.25, 0.3) is 0 Å². The normalized spacial score (nSPS) is 10.7. The van der Waals surface area contributed by atoms with Crippen LogP contribution in [0.4, 0.5) is 5.69 Å². The Kier molecular flexibility index (Phi) is 6.74. The van der Waals surface area contributed by atoms with Gasteiger partial charge in [0, 0.05) is 5.69 Å². The number of primary sulfonamides is 1. The van der Waals surface area contributed by atoms with Crippen LogP contribution in [0.3, 0.4) is 0 Å². The molecule has 27 heavy (non-hydrogen) atoms. The molecule has 0 spiro atoms. The van der Waals surface area contributed by atoms with Crippen LogP contribution in [0.1, 0.15) is 0 Å². The number of methoxy groups -OCH3 is 1. The minimum Gasteiger partial charge on any atom is -0.497 e. The van der Waals surface area contributed by atoms with Crippen molar-refractivity contribution in [1.29, 1.82) is 0 Å². The molecule has 2 aromatic rings. The Labute approximate surface area is 156 Å². The van der Waals surface area contributed by atoms with Crippen molar-refractivity contribution in [2.45, 2.75) is 4.90 Å². The van der Waals surface area contributed by atoms with Crippen LogP contribution < -0.4 is 19.9 Å². The standard InChI is InChI=1S/C17H18N2O7S/c1-24-13-5-7-14(8-6-13)25-11-17(21)26-10-16(20)19-12-3-2-4-15(9-12)27(18,22)23/h2-9H,10-11H2,1H3,(H,19,20)(H2,18,22,23). The molecule has 144 valence electrons. The summed E-state index contributed by atoms with van der Waals surface area (Å²) < 4.78 is 37.6. The second-order valence-electron chi connectivity index (χ2n) is 5.25. The van der Waals surface area contributed by atoms with Gasteiger partial charge in [0.1, 0.15) is 11.5 Å². The molecule has 0 heterocycles. The highest BCUT2D eigenvalue weighted by Gasteiger charge is 2.11. The minimum absolute atomic E-state index is 0.148. The van der Waals surface area contributed by atoms with Crippen molar-refractivity contribution in [2.24, 2.45) is 5.14 Å². The van der Waals surface area contributed by atoms with E-state index in [1.54, 1.807) is 24.3 Å². The van der Waals surface area contributed by atoms with Gasteiger partial charge in [0.15, 0.2) is 13.2 Å². The van der Waals surface area contributed by atoms with Crippen molar-refractivity contribution in [1.82, 2.24) is 0 Å². The van der Waals surface area contributed by atoms with Gasteiger partial charge in [-0.15, -0.1) is 0 Å². The third-order valence-corrected chi connectivity index (χ3v) is 4.14. The maximum absolute atomic E-state index is 11.8. The summed E-state index contributed by atoms with van der Waals surface area (Å²) >= 11 is 0. The van der Waals surface area contributed by atoms with E-state index in [4.69, 9.17) is 19.3 Å². The number of sulfonamides is 1. The molecule has 0 aliphatic carbocycles. The molecule has 0 aromatic heterocycles. The molecule has 2 rings (SSSR count). The minimum atomic E-state index is -3.89. The lowest BCUT2D eigenvalue weighted by molar-refractivity contribution is -0.149. The Bertz CT molecular complexity index is 911. The van der Waals surface area contributed by atoms with Crippen molar-refractivity contribution < 1.29 is 32.2 Å². The predicted octanol–water partition coefficient (Wildman–Crippen LogP) is 0.903. The summed E-state index contributed by atoms with van der Waals surface area (Å²) in [5.41, 5.74) is 0.206. The lowest BCUT2D eigenvalue weighted by Crippen LogP contribution is -2.23. The third kappa shape index (κ3) is 6.60. The number of hydrogen-bond donors (Lipinski definition) is 2. The second-order valence-corrected chi connectivity index (χ2v) is 6.81. The van der Waals surface area contributed by atoms with E-state index in [9.17, 15) is 18.0 Å². The lowest BCUT2D eigenvalue weighted by atomic mass is 10.3. The first-order valence-corrected chi connectivity index (χ1v) is 9.18. The fraction of sp³-hybridized carbons (Fsp3) is 0.176. The second kappa shape index (κ2) is 9.01. The summed E-state index contributed by atoms with van der Waals surface area (Å²) in [6, 6.07) is 12.0. The topological polar surface area (TPSA) is 134 Å². The van der Waals surface area contributed by atoms with Gasteiger partial charge in [0.25, 0.3) is 5.91 Å². The highest BCUT2D eigenvalue weighted by atomic mass is 32.2. The van der Waals surface area contributed by atoms with Gasteiger partial charge in [-0.3, -0.25) is 4.79 Å². The number of carbonyl (C=O) groups excluding carboxylic acids is 2. The van der Waals surface area contributed by atoms with Crippen molar-refractivity contribution in [3.05, 3.63) is 48.5 Å². The number of ether oxygens (including phenoxy) is 3. The molecule has 0 radical (unpaired) electrons. The number of carbonyl (C=O) groups is 2. The van der Waals surface area contributed by atoms with E-state index in [-0.39, 0.29) is 17.2 Å². The van der Waals surface area contributed by atoms with Crippen LogP contribution in [0.2, 0.25) is 0 Å². The zero-order valence-corrected chi connectivity index (χ0v) is 15.2. The van der Waals surface area contributed by atoms with E-state index in [2.05, 4.69) is 5.32 Å². The van der Waals surface area contributed by atoms with E-state index in [1.807, 2.05) is 0 Å². The first-order valence-electron chi connectivity index (χ1n) is 7.63. The molecule has 0 unspecified atom stereocenters. The van der Waals surface area contributed by atoms with Crippen LogP contribution in [0.5, 0.6) is 11.5 Å². The first-order chi connectivity index (χ1) is 12.8. The lowest BCUT2D eigenvalue weighted by Gasteiger charge is -2.09. The average molecular weight is 394 g/mol. The largest absolute Gasteiger partial charge is 0.497 e. The Morgan fingerprint density at radius 3 is 2.33 bits per heavy atom. The predicted molar refractivity (Wildman–Crippen MR) is 95.9 cm³/mol. The zero-order chi connectivity index (χ0) is 19.9. The van der Waals surface area contributed by atoms with Gasteiger partial charge in [-0.1, -0.05) is 6.07 Å². The summed E-state index contributed by atoms with van der Waals surface area (Å²) in [4.78, 5) is 23.3. The van der Waals surface area contributed by atoms with Gasteiger partial charge < -0.3 is 19.5 Å². The fourth-order valence-corrected chi connectivity index (χ4v) is 2.51. The number of nitrogens with two attached hydrogens (primary N) is 1. The molecule has 0 atom stereocenters. The Hall–Kier alpha value is -3.11.